The summed E-state index contributed by atoms with van der Waals surface area (Å²) in [5.41, 5.74) is 3.27. The molecule has 5 nitrogen and oxygen atoms in total. The van der Waals surface area contributed by atoms with Gasteiger partial charge in [-0.2, -0.15) is 0 Å². The van der Waals surface area contributed by atoms with Gasteiger partial charge < -0.3 is 4.74 Å². The summed E-state index contributed by atoms with van der Waals surface area (Å²) in [5, 5.41) is 4.97. The van der Waals surface area contributed by atoms with Crippen LogP contribution < -0.4 is 5.32 Å². The molecule has 7 heteroatoms. The van der Waals surface area contributed by atoms with Crippen molar-refractivity contribution in [1.29, 1.82) is 0 Å². The van der Waals surface area contributed by atoms with Crippen LogP contribution in [0.4, 0.5) is 5.13 Å². The van der Waals surface area contributed by atoms with E-state index in [1.165, 1.54) is 11.3 Å². The largest absolute Gasteiger partial charge is 0.452 e. The molecule has 3 rings (SSSR count). The minimum absolute atomic E-state index is 0.365. The fraction of sp³-hybridized carbons (Fsp3) is 0.190. The van der Waals surface area contributed by atoms with E-state index in [-0.39, 0.29) is 6.61 Å². The first-order chi connectivity index (χ1) is 13.4. The molecule has 0 bridgehead atoms. The average Bonchev–Trinajstić information content (AvgIpc) is 3.14. The van der Waals surface area contributed by atoms with Crippen molar-refractivity contribution in [1.82, 2.24) is 4.98 Å². The van der Waals surface area contributed by atoms with Gasteiger partial charge in [0.05, 0.1) is 11.3 Å². The molecule has 0 spiro atoms. The number of esters is 1. The number of thiazole rings is 1. The number of nitrogens with one attached hydrogen (secondary N) is 1. The molecule has 0 atom stereocenters. The maximum atomic E-state index is 12.1. The first-order valence-electron chi connectivity index (χ1n) is 8.71. The standard InChI is InChI=1S/C21H19BrN2O3S/c1-13(2)14-6-8-15(9-7-14)20(26)27-11-19(25)24-21-23-18(12-28-21)16-4-3-5-17(22)10-16/h3-10,12-13H,11H2,1-2H3,(H,23,24,25). The molecule has 1 amide bonds. The van der Waals surface area contributed by atoms with Crippen molar-refractivity contribution in [2.45, 2.75) is 19.8 Å². The van der Waals surface area contributed by atoms with Gasteiger partial charge in [0, 0.05) is 15.4 Å². The molecule has 0 aliphatic rings. The van der Waals surface area contributed by atoms with E-state index >= 15 is 0 Å². The van der Waals surface area contributed by atoms with Crippen LogP contribution in [-0.2, 0) is 9.53 Å². The Morgan fingerprint density at radius 3 is 2.61 bits per heavy atom. The molecular formula is C21H19BrN2O3S. The summed E-state index contributed by atoms with van der Waals surface area (Å²) in [6, 6.07) is 14.9. The third-order valence-electron chi connectivity index (χ3n) is 4.02. The Balaban J connectivity index is 1.54. The first kappa shape index (κ1) is 20.2. The number of ether oxygens (including phenoxy) is 1. The van der Waals surface area contributed by atoms with Crippen molar-refractivity contribution in [2.24, 2.45) is 0 Å². The van der Waals surface area contributed by atoms with E-state index < -0.39 is 11.9 Å². The van der Waals surface area contributed by atoms with Gasteiger partial charge in [-0.05, 0) is 35.7 Å². The zero-order valence-corrected chi connectivity index (χ0v) is 17.8. The summed E-state index contributed by atoms with van der Waals surface area (Å²) in [5.74, 6) is -0.572. The summed E-state index contributed by atoms with van der Waals surface area (Å²) in [6.45, 7) is 3.80. The summed E-state index contributed by atoms with van der Waals surface area (Å²) in [7, 11) is 0. The van der Waals surface area contributed by atoms with E-state index in [4.69, 9.17) is 4.74 Å². The number of benzene rings is 2. The summed E-state index contributed by atoms with van der Waals surface area (Å²) >= 11 is 4.74. The minimum atomic E-state index is -0.528. The summed E-state index contributed by atoms with van der Waals surface area (Å²) in [6.07, 6.45) is 0. The van der Waals surface area contributed by atoms with Gasteiger partial charge in [-0.3, -0.25) is 10.1 Å². The summed E-state index contributed by atoms with van der Waals surface area (Å²) in [4.78, 5) is 28.5. The van der Waals surface area contributed by atoms with E-state index in [0.29, 0.717) is 16.6 Å². The molecule has 0 saturated heterocycles. The Kier molecular flexibility index (Phi) is 6.59. The molecule has 0 aliphatic heterocycles. The van der Waals surface area contributed by atoms with Gasteiger partial charge >= 0.3 is 5.97 Å². The molecule has 1 N–H and O–H groups in total. The molecule has 28 heavy (non-hydrogen) atoms. The molecule has 0 fully saturated rings. The fourth-order valence-electron chi connectivity index (χ4n) is 2.49. The SMILES string of the molecule is CC(C)c1ccc(C(=O)OCC(=O)Nc2nc(-c3cccc(Br)c3)cs2)cc1. The first-order valence-corrected chi connectivity index (χ1v) is 10.4. The second-order valence-corrected chi connectivity index (χ2v) is 8.22. The number of carbonyl (C=O) groups excluding carboxylic acids is 2. The average molecular weight is 459 g/mol. The van der Waals surface area contributed by atoms with Crippen LogP contribution >= 0.6 is 27.3 Å². The third kappa shape index (κ3) is 5.27. The van der Waals surface area contributed by atoms with Crippen LogP contribution in [0.1, 0.15) is 35.7 Å². The lowest BCUT2D eigenvalue weighted by Crippen LogP contribution is -2.20. The van der Waals surface area contributed by atoms with Crippen LogP contribution in [0.2, 0.25) is 0 Å². The molecular weight excluding hydrogens is 440 g/mol. The highest BCUT2D eigenvalue weighted by molar-refractivity contribution is 9.10. The van der Waals surface area contributed by atoms with Crippen molar-refractivity contribution in [3.8, 4) is 11.3 Å². The van der Waals surface area contributed by atoms with Gasteiger partial charge in [0.15, 0.2) is 11.7 Å². The van der Waals surface area contributed by atoms with Gasteiger partial charge in [0.1, 0.15) is 0 Å². The topological polar surface area (TPSA) is 68.3 Å². The molecule has 3 aromatic rings. The Morgan fingerprint density at radius 1 is 1.18 bits per heavy atom. The molecule has 0 aliphatic carbocycles. The van der Waals surface area contributed by atoms with Crippen LogP contribution in [0.25, 0.3) is 11.3 Å². The van der Waals surface area contributed by atoms with Gasteiger partial charge in [0.25, 0.3) is 5.91 Å². The molecule has 0 saturated carbocycles. The quantitative estimate of drug-likeness (QED) is 0.495. The lowest BCUT2D eigenvalue weighted by atomic mass is 10.0. The lowest BCUT2D eigenvalue weighted by molar-refractivity contribution is -0.119. The highest BCUT2D eigenvalue weighted by Crippen LogP contribution is 2.26. The Labute approximate surface area is 175 Å². The van der Waals surface area contributed by atoms with Crippen molar-refractivity contribution in [3.05, 3.63) is 69.5 Å². The maximum Gasteiger partial charge on any atom is 0.338 e. The monoisotopic (exact) mass is 458 g/mol. The zero-order chi connectivity index (χ0) is 20.1. The number of hydrogen-bond acceptors (Lipinski definition) is 5. The maximum absolute atomic E-state index is 12.1. The van der Waals surface area contributed by atoms with Crippen molar-refractivity contribution >= 4 is 44.3 Å². The smallest absolute Gasteiger partial charge is 0.338 e. The van der Waals surface area contributed by atoms with E-state index in [0.717, 1.165) is 21.3 Å². The van der Waals surface area contributed by atoms with Crippen LogP contribution in [0, 0.1) is 0 Å². The Hall–Kier alpha value is -2.51. The Morgan fingerprint density at radius 2 is 1.93 bits per heavy atom. The molecule has 0 unspecified atom stereocenters. The van der Waals surface area contributed by atoms with Gasteiger partial charge in [-0.25, -0.2) is 9.78 Å². The van der Waals surface area contributed by atoms with Crippen molar-refractivity contribution in [3.63, 3.8) is 0 Å². The number of anilines is 1. The molecule has 144 valence electrons. The number of nitrogens with zero attached hydrogens (tertiary/aromatic N) is 1. The Bertz CT molecular complexity index is 983. The van der Waals surface area contributed by atoms with Gasteiger partial charge in [-0.1, -0.05) is 54.0 Å². The molecule has 1 aromatic heterocycles. The number of rotatable bonds is 6. The highest BCUT2D eigenvalue weighted by Gasteiger charge is 2.13. The second kappa shape index (κ2) is 9.12. The molecule has 2 aromatic carbocycles. The van der Waals surface area contributed by atoms with Gasteiger partial charge in [0.2, 0.25) is 0 Å². The van der Waals surface area contributed by atoms with Crippen molar-refractivity contribution in [2.75, 3.05) is 11.9 Å². The summed E-state index contributed by atoms with van der Waals surface area (Å²) < 4.78 is 6.04. The number of amides is 1. The van der Waals surface area contributed by atoms with Crippen LogP contribution in [0.3, 0.4) is 0 Å². The lowest BCUT2D eigenvalue weighted by Gasteiger charge is -2.07. The van der Waals surface area contributed by atoms with Gasteiger partial charge in [-0.15, -0.1) is 11.3 Å². The predicted molar refractivity (Wildman–Crippen MR) is 115 cm³/mol. The second-order valence-electron chi connectivity index (χ2n) is 6.45. The molecule has 0 radical (unpaired) electrons. The van der Waals surface area contributed by atoms with E-state index in [9.17, 15) is 9.59 Å². The van der Waals surface area contributed by atoms with E-state index in [1.807, 2.05) is 41.8 Å². The number of halogens is 1. The normalized spacial score (nSPS) is 10.7. The number of carbonyl (C=O) groups is 2. The highest BCUT2D eigenvalue weighted by atomic mass is 79.9. The van der Waals surface area contributed by atoms with Crippen molar-refractivity contribution < 1.29 is 14.3 Å². The fourth-order valence-corrected chi connectivity index (χ4v) is 3.62. The van der Waals surface area contributed by atoms with Crippen LogP contribution in [0.5, 0.6) is 0 Å². The molecule has 1 heterocycles. The zero-order valence-electron chi connectivity index (χ0n) is 15.4. The number of aromatic nitrogens is 1. The third-order valence-corrected chi connectivity index (χ3v) is 5.27. The van der Waals surface area contributed by atoms with E-state index in [2.05, 4.69) is 40.1 Å². The minimum Gasteiger partial charge on any atom is -0.452 e. The predicted octanol–water partition coefficient (Wildman–Crippen LogP) is 5.49. The number of hydrogen-bond donors (Lipinski definition) is 1. The van der Waals surface area contributed by atoms with Crippen LogP contribution in [-0.4, -0.2) is 23.5 Å². The van der Waals surface area contributed by atoms with E-state index in [1.54, 1.807) is 12.1 Å². The van der Waals surface area contributed by atoms with Crippen LogP contribution in [0.15, 0.2) is 58.4 Å².